The Morgan fingerprint density at radius 3 is 2.77 bits per heavy atom. The lowest BCUT2D eigenvalue weighted by Crippen LogP contribution is -2.39. The van der Waals surface area contributed by atoms with Crippen LogP contribution >= 0.6 is 23.8 Å². The number of morpholine rings is 1. The first-order valence-corrected chi connectivity index (χ1v) is 10.4. The van der Waals surface area contributed by atoms with Crippen LogP contribution in [0.2, 0.25) is 5.02 Å². The van der Waals surface area contributed by atoms with Crippen molar-refractivity contribution in [3.8, 4) is 5.75 Å². The lowest BCUT2D eigenvalue weighted by atomic mass is 10.1. The van der Waals surface area contributed by atoms with E-state index in [1.807, 2.05) is 29.8 Å². The minimum Gasteiger partial charge on any atom is -0.484 e. The van der Waals surface area contributed by atoms with Gasteiger partial charge in [0.05, 0.1) is 24.4 Å². The van der Waals surface area contributed by atoms with Gasteiger partial charge in [0.15, 0.2) is 10.6 Å². The SMILES string of the molecule is Cn1c(COc2ccccc2Cl)nn(CN2CCOC(c3ccc(F)cc3)C2)c1=S. The molecule has 1 unspecified atom stereocenters. The van der Waals surface area contributed by atoms with Crippen molar-refractivity contribution in [3.63, 3.8) is 0 Å². The molecule has 1 aromatic heterocycles. The minimum absolute atomic E-state index is 0.111. The normalized spacial score (nSPS) is 17.2. The molecule has 1 aliphatic heterocycles. The molecule has 158 valence electrons. The highest BCUT2D eigenvalue weighted by atomic mass is 35.5. The van der Waals surface area contributed by atoms with Gasteiger partial charge in [-0.05, 0) is 42.0 Å². The summed E-state index contributed by atoms with van der Waals surface area (Å²) in [7, 11) is 1.87. The van der Waals surface area contributed by atoms with Crippen molar-refractivity contribution >= 4 is 23.8 Å². The monoisotopic (exact) mass is 448 g/mol. The molecule has 3 aromatic rings. The van der Waals surface area contributed by atoms with Crippen LogP contribution in [-0.2, 0) is 25.1 Å². The van der Waals surface area contributed by atoms with Crippen LogP contribution in [0.15, 0.2) is 48.5 Å². The predicted octanol–water partition coefficient (Wildman–Crippen LogP) is 4.35. The molecule has 0 spiro atoms. The number of para-hydroxylation sites is 1. The zero-order chi connectivity index (χ0) is 21.1. The number of hydrogen-bond donors (Lipinski definition) is 0. The molecule has 1 saturated heterocycles. The Morgan fingerprint density at radius 2 is 2.00 bits per heavy atom. The lowest BCUT2D eigenvalue weighted by Gasteiger charge is -2.32. The highest BCUT2D eigenvalue weighted by Gasteiger charge is 2.23. The van der Waals surface area contributed by atoms with Crippen LogP contribution in [0.4, 0.5) is 4.39 Å². The van der Waals surface area contributed by atoms with Crippen molar-refractivity contribution in [2.75, 3.05) is 19.7 Å². The van der Waals surface area contributed by atoms with Gasteiger partial charge >= 0.3 is 0 Å². The van der Waals surface area contributed by atoms with Crippen LogP contribution in [0.1, 0.15) is 17.5 Å². The second-order valence-electron chi connectivity index (χ2n) is 7.11. The Balaban J connectivity index is 1.43. The highest BCUT2D eigenvalue weighted by Crippen LogP contribution is 2.24. The molecular formula is C21H22ClFN4O2S. The van der Waals surface area contributed by atoms with Gasteiger partial charge in [-0.1, -0.05) is 35.9 Å². The molecule has 0 N–H and O–H groups in total. The standard InChI is InChI=1S/C21H22ClFN4O2S/c1-25-20(13-29-18-5-3-2-4-17(18)22)24-27(21(25)30)14-26-10-11-28-19(12-26)15-6-8-16(23)9-7-15/h2-9,19H,10-14H2,1H3. The lowest BCUT2D eigenvalue weighted by molar-refractivity contribution is -0.0419. The zero-order valence-electron chi connectivity index (χ0n) is 16.5. The maximum atomic E-state index is 13.2. The second-order valence-corrected chi connectivity index (χ2v) is 7.88. The number of rotatable bonds is 6. The molecule has 0 aliphatic carbocycles. The highest BCUT2D eigenvalue weighted by molar-refractivity contribution is 7.71. The van der Waals surface area contributed by atoms with Gasteiger partial charge in [0.2, 0.25) is 0 Å². The first kappa shape index (κ1) is 21.0. The molecule has 2 heterocycles. The molecule has 2 aromatic carbocycles. The molecule has 0 amide bonds. The van der Waals surface area contributed by atoms with E-state index in [2.05, 4.69) is 10.00 Å². The van der Waals surface area contributed by atoms with E-state index in [9.17, 15) is 4.39 Å². The summed E-state index contributed by atoms with van der Waals surface area (Å²) in [6.07, 6.45) is -0.111. The van der Waals surface area contributed by atoms with E-state index in [0.29, 0.717) is 41.2 Å². The van der Waals surface area contributed by atoms with Crippen LogP contribution in [0.25, 0.3) is 0 Å². The van der Waals surface area contributed by atoms with Crippen LogP contribution in [0.3, 0.4) is 0 Å². The first-order chi connectivity index (χ1) is 14.5. The minimum atomic E-state index is -0.252. The average molecular weight is 449 g/mol. The summed E-state index contributed by atoms with van der Waals surface area (Å²) in [4.78, 5) is 2.22. The van der Waals surface area contributed by atoms with E-state index in [0.717, 1.165) is 12.1 Å². The average Bonchev–Trinajstić information content (AvgIpc) is 3.02. The number of nitrogens with zero attached hydrogens (tertiary/aromatic N) is 4. The van der Waals surface area contributed by atoms with Crippen LogP contribution in [0.5, 0.6) is 5.75 Å². The molecule has 4 rings (SSSR count). The van der Waals surface area contributed by atoms with E-state index in [-0.39, 0.29) is 18.5 Å². The third-order valence-corrected chi connectivity index (χ3v) is 5.85. The molecule has 1 aliphatic rings. The van der Waals surface area contributed by atoms with Crippen molar-refractivity contribution in [3.05, 3.63) is 75.5 Å². The summed E-state index contributed by atoms with van der Waals surface area (Å²) >= 11 is 11.7. The summed E-state index contributed by atoms with van der Waals surface area (Å²) in [5, 5.41) is 5.19. The topological polar surface area (TPSA) is 44.5 Å². The van der Waals surface area contributed by atoms with Gasteiger partial charge in [0.1, 0.15) is 18.2 Å². The van der Waals surface area contributed by atoms with E-state index in [1.54, 1.807) is 22.9 Å². The Bertz CT molecular complexity index is 1070. The van der Waals surface area contributed by atoms with Crippen LogP contribution in [0, 0.1) is 10.6 Å². The summed E-state index contributed by atoms with van der Waals surface area (Å²) in [5.41, 5.74) is 0.958. The Morgan fingerprint density at radius 1 is 1.23 bits per heavy atom. The van der Waals surface area contributed by atoms with E-state index in [4.69, 9.17) is 33.3 Å². The van der Waals surface area contributed by atoms with Crippen molar-refractivity contribution in [2.45, 2.75) is 19.4 Å². The van der Waals surface area contributed by atoms with Crippen LogP contribution < -0.4 is 4.74 Å². The van der Waals surface area contributed by atoms with Crippen molar-refractivity contribution < 1.29 is 13.9 Å². The van der Waals surface area contributed by atoms with E-state index in [1.165, 1.54) is 12.1 Å². The molecule has 1 atom stereocenters. The van der Waals surface area contributed by atoms with Gasteiger partial charge in [0.25, 0.3) is 0 Å². The Hall–Kier alpha value is -2.26. The third-order valence-electron chi connectivity index (χ3n) is 5.05. The molecule has 30 heavy (non-hydrogen) atoms. The summed E-state index contributed by atoms with van der Waals surface area (Å²) in [6.45, 7) is 2.83. The van der Waals surface area contributed by atoms with Crippen molar-refractivity contribution in [2.24, 2.45) is 7.05 Å². The predicted molar refractivity (Wildman–Crippen MR) is 114 cm³/mol. The summed E-state index contributed by atoms with van der Waals surface area (Å²) < 4.78 is 29.1. The van der Waals surface area contributed by atoms with Gasteiger partial charge < -0.3 is 14.0 Å². The number of benzene rings is 2. The molecule has 9 heteroatoms. The quantitative estimate of drug-likeness (QED) is 0.524. The molecule has 0 bridgehead atoms. The fourth-order valence-electron chi connectivity index (χ4n) is 3.35. The Kier molecular flexibility index (Phi) is 6.48. The second kappa shape index (κ2) is 9.26. The smallest absolute Gasteiger partial charge is 0.198 e. The van der Waals surface area contributed by atoms with Gasteiger partial charge in [-0.25, -0.2) is 9.07 Å². The number of ether oxygens (including phenoxy) is 2. The first-order valence-electron chi connectivity index (χ1n) is 9.61. The number of aromatic nitrogens is 3. The summed E-state index contributed by atoms with van der Waals surface area (Å²) in [6, 6.07) is 13.8. The molecule has 1 fully saturated rings. The molecule has 0 radical (unpaired) electrons. The van der Waals surface area contributed by atoms with E-state index < -0.39 is 0 Å². The van der Waals surface area contributed by atoms with Crippen molar-refractivity contribution in [1.82, 2.24) is 19.2 Å². The van der Waals surface area contributed by atoms with Gasteiger partial charge in [-0.2, -0.15) is 5.10 Å². The van der Waals surface area contributed by atoms with Gasteiger partial charge in [0, 0.05) is 20.1 Å². The maximum Gasteiger partial charge on any atom is 0.198 e. The molecular weight excluding hydrogens is 427 g/mol. The zero-order valence-corrected chi connectivity index (χ0v) is 18.1. The van der Waals surface area contributed by atoms with Gasteiger partial charge in [-0.15, -0.1) is 0 Å². The van der Waals surface area contributed by atoms with Crippen molar-refractivity contribution in [1.29, 1.82) is 0 Å². The fourth-order valence-corrected chi connectivity index (χ4v) is 3.75. The third kappa shape index (κ3) is 4.73. The number of hydrogen-bond acceptors (Lipinski definition) is 5. The molecule has 0 saturated carbocycles. The fraction of sp³-hybridized carbons (Fsp3) is 0.333. The maximum absolute atomic E-state index is 13.2. The number of halogens is 2. The summed E-state index contributed by atoms with van der Waals surface area (Å²) in [5.74, 6) is 1.07. The largest absolute Gasteiger partial charge is 0.484 e. The Labute approximate surface area is 184 Å². The van der Waals surface area contributed by atoms with Crippen LogP contribution in [-0.4, -0.2) is 38.9 Å². The van der Waals surface area contributed by atoms with Gasteiger partial charge in [-0.3, -0.25) is 4.90 Å². The molecule has 6 nitrogen and oxygen atoms in total. The van der Waals surface area contributed by atoms with E-state index >= 15 is 0 Å².